The Morgan fingerprint density at radius 3 is 2.12 bits per heavy atom. The van der Waals surface area contributed by atoms with Crippen LogP contribution in [0, 0.1) is 13.8 Å². The highest BCUT2D eigenvalue weighted by Gasteiger charge is 2.32. The molecule has 0 spiro atoms. The predicted octanol–water partition coefficient (Wildman–Crippen LogP) is 4.16. The van der Waals surface area contributed by atoms with Crippen molar-refractivity contribution in [3.63, 3.8) is 0 Å². The summed E-state index contributed by atoms with van der Waals surface area (Å²) < 4.78 is 27.5. The van der Waals surface area contributed by atoms with Gasteiger partial charge in [0.15, 0.2) is 0 Å². The zero-order valence-electron chi connectivity index (χ0n) is 20.8. The highest BCUT2D eigenvalue weighted by atomic mass is 79.9. The lowest BCUT2D eigenvalue weighted by molar-refractivity contribution is -0.140. The molecule has 34 heavy (non-hydrogen) atoms. The van der Waals surface area contributed by atoms with Crippen LogP contribution in [0.4, 0.5) is 5.69 Å². The number of hydrogen-bond donors (Lipinski definition) is 1. The highest BCUT2D eigenvalue weighted by Crippen LogP contribution is 2.27. The summed E-state index contributed by atoms with van der Waals surface area (Å²) in [5.74, 6) is -0.779. The first kappa shape index (κ1) is 27.9. The van der Waals surface area contributed by atoms with Crippen molar-refractivity contribution in [2.45, 2.75) is 59.7 Å². The molecule has 9 heteroatoms. The molecule has 2 aromatic carbocycles. The van der Waals surface area contributed by atoms with E-state index in [1.54, 1.807) is 6.92 Å². The van der Waals surface area contributed by atoms with Gasteiger partial charge in [-0.1, -0.05) is 46.3 Å². The first-order chi connectivity index (χ1) is 15.6. The molecule has 186 valence electrons. The Morgan fingerprint density at radius 1 is 1.06 bits per heavy atom. The molecule has 2 amide bonds. The average molecular weight is 553 g/mol. The van der Waals surface area contributed by atoms with Crippen LogP contribution in [-0.4, -0.2) is 49.5 Å². The lowest BCUT2D eigenvalue weighted by Crippen LogP contribution is -2.54. The number of carbonyl (C=O) groups excluding carboxylic acids is 2. The molecule has 0 heterocycles. The number of amides is 2. The number of aryl methyl sites for hydroxylation is 2. The zero-order valence-corrected chi connectivity index (χ0v) is 23.2. The fraction of sp³-hybridized carbons (Fsp3) is 0.440. The summed E-state index contributed by atoms with van der Waals surface area (Å²) in [6, 6.07) is 12.1. The fourth-order valence-electron chi connectivity index (χ4n) is 3.66. The van der Waals surface area contributed by atoms with E-state index >= 15 is 0 Å². The minimum atomic E-state index is -3.77. The Morgan fingerprint density at radius 2 is 1.62 bits per heavy atom. The van der Waals surface area contributed by atoms with E-state index in [9.17, 15) is 18.0 Å². The molecule has 0 aliphatic heterocycles. The summed E-state index contributed by atoms with van der Waals surface area (Å²) in [6.45, 7) is 10.6. The van der Waals surface area contributed by atoms with E-state index in [4.69, 9.17) is 0 Å². The van der Waals surface area contributed by atoms with Crippen molar-refractivity contribution < 1.29 is 18.0 Å². The third-order valence-corrected chi connectivity index (χ3v) is 6.88. The molecule has 0 aromatic heterocycles. The Balaban J connectivity index is 2.47. The number of nitrogens with one attached hydrogen (secondary N) is 1. The predicted molar refractivity (Wildman–Crippen MR) is 140 cm³/mol. The van der Waals surface area contributed by atoms with Crippen LogP contribution in [0.3, 0.4) is 0 Å². The van der Waals surface area contributed by atoms with Crippen LogP contribution in [0.15, 0.2) is 46.9 Å². The minimum Gasteiger partial charge on any atom is -0.350 e. The van der Waals surface area contributed by atoms with Crippen molar-refractivity contribution in [1.82, 2.24) is 10.2 Å². The Labute approximate surface area is 211 Å². The smallest absolute Gasteiger partial charge is 0.244 e. The number of anilines is 1. The van der Waals surface area contributed by atoms with Crippen molar-refractivity contribution in [2.24, 2.45) is 0 Å². The van der Waals surface area contributed by atoms with Crippen molar-refractivity contribution in [3.8, 4) is 0 Å². The maximum absolute atomic E-state index is 13.6. The largest absolute Gasteiger partial charge is 0.350 e. The lowest BCUT2D eigenvalue weighted by atomic mass is 10.1. The number of nitrogens with zero attached hydrogens (tertiary/aromatic N) is 2. The van der Waals surface area contributed by atoms with Gasteiger partial charge in [-0.25, -0.2) is 8.42 Å². The summed E-state index contributed by atoms with van der Waals surface area (Å²) in [4.78, 5) is 28.0. The van der Waals surface area contributed by atoms with E-state index in [1.807, 2.05) is 77.1 Å². The molecular formula is C25H34BrN3O4S. The summed E-state index contributed by atoms with van der Waals surface area (Å²) in [6.07, 6.45) is 1.08. The third kappa shape index (κ3) is 7.56. The van der Waals surface area contributed by atoms with Crippen molar-refractivity contribution in [3.05, 3.63) is 63.6 Å². The first-order valence-electron chi connectivity index (χ1n) is 11.0. The number of para-hydroxylation sites is 1. The topological polar surface area (TPSA) is 86.8 Å². The molecule has 7 nitrogen and oxygen atoms in total. The second-order valence-electron chi connectivity index (χ2n) is 9.58. The molecule has 2 aromatic rings. The van der Waals surface area contributed by atoms with Crippen molar-refractivity contribution >= 4 is 43.5 Å². The van der Waals surface area contributed by atoms with Gasteiger partial charge in [0.1, 0.15) is 12.6 Å². The molecule has 2 rings (SSSR count). The molecule has 0 saturated carbocycles. The van der Waals surface area contributed by atoms with Gasteiger partial charge in [0.2, 0.25) is 21.8 Å². The molecule has 0 radical (unpaired) electrons. The Bertz CT molecular complexity index is 1140. The lowest BCUT2D eigenvalue weighted by Gasteiger charge is -2.33. The van der Waals surface area contributed by atoms with E-state index in [0.717, 1.165) is 31.7 Å². The van der Waals surface area contributed by atoms with Gasteiger partial charge in [-0.3, -0.25) is 13.9 Å². The maximum Gasteiger partial charge on any atom is 0.244 e. The van der Waals surface area contributed by atoms with Crippen LogP contribution < -0.4 is 9.62 Å². The van der Waals surface area contributed by atoms with Gasteiger partial charge in [-0.2, -0.15) is 0 Å². The normalized spacial score (nSPS) is 12.7. The van der Waals surface area contributed by atoms with Crippen LogP contribution in [0.5, 0.6) is 0 Å². The Kier molecular flexibility index (Phi) is 8.93. The van der Waals surface area contributed by atoms with Gasteiger partial charge in [0.25, 0.3) is 0 Å². The number of sulfonamides is 1. The van der Waals surface area contributed by atoms with Crippen LogP contribution in [0.25, 0.3) is 0 Å². The average Bonchev–Trinajstić information content (AvgIpc) is 2.68. The van der Waals surface area contributed by atoms with E-state index in [-0.39, 0.29) is 12.5 Å². The molecule has 1 N–H and O–H groups in total. The van der Waals surface area contributed by atoms with Crippen LogP contribution >= 0.6 is 15.9 Å². The van der Waals surface area contributed by atoms with Gasteiger partial charge >= 0.3 is 0 Å². The van der Waals surface area contributed by atoms with E-state index in [1.165, 1.54) is 4.90 Å². The number of hydrogen-bond acceptors (Lipinski definition) is 4. The van der Waals surface area contributed by atoms with E-state index in [2.05, 4.69) is 21.2 Å². The van der Waals surface area contributed by atoms with Gasteiger partial charge in [0.05, 0.1) is 11.9 Å². The summed E-state index contributed by atoms with van der Waals surface area (Å²) >= 11 is 3.44. The van der Waals surface area contributed by atoms with Crippen LogP contribution in [0.2, 0.25) is 0 Å². The fourth-order valence-corrected chi connectivity index (χ4v) is 5.07. The molecule has 0 bridgehead atoms. The summed E-state index contributed by atoms with van der Waals surface area (Å²) in [5, 5.41) is 2.91. The van der Waals surface area contributed by atoms with E-state index in [0.29, 0.717) is 5.69 Å². The Hall–Kier alpha value is -2.39. The monoisotopic (exact) mass is 551 g/mol. The maximum atomic E-state index is 13.6. The number of carbonyl (C=O) groups is 2. The number of halogens is 1. The van der Waals surface area contributed by atoms with Gasteiger partial charge in [-0.05, 0) is 70.4 Å². The second kappa shape index (κ2) is 10.9. The second-order valence-corrected chi connectivity index (χ2v) is 12.4. The van der Waals surface area contributed by atoms with Crippen LogP contribution in [-0.2, 0) is 26.2 Å². The first-order valence-corrected chi connectivity index (χ1v) is 13.6. The molecule has 0 saturated heterocycles. The van der Waals surface area contributed by atoms with Gasteiger partial charge < -0.3 is 10.2 Å². The van der Waals surface area contributed by atoms with Gasteiger partial charge in [-0.15, -0.1) is 0 Å². The molecule has 0 fully saturated rings. The molecule has 1 atom stereocenters. The molecule has 0 aliphatic rings. The third-order valence-electron chi connectivity index (χ3n) is 5.28. The summed E-state index contributed by atoms with van der Waals surface area (Å²) in [5.41, 5.74) is 2.31. The van der Waals surface area contributed by atoms with Gasteiger partial charge in [0, 0.05) is 16.6 Å². The quantitative estimate of drug-likeness (QED) is 0.533. The molecule has 0 unspecified atom stereocenters. The standard InChI is InChI=1S/C25H34BrN3O4S/c1-17-10-8-11-18(2)23(17)29(34(7,32)33)16-22(30)28(15-20-12-9-13-21(26)14-20)19(3)24(31)27-25(4,5)6/h8-14,19H,15-16H2,1-7H3,(H,27,31)/t19-/m1/s1. The molecular weight excluding hydrogens is 518 g/mol. The van der Waals surface area contributed by atoms with E-state index < -0.39 is 34.1 Å². The SMILES string of the molecule is Cc1cccc(C)c1N(CC(=O)N(Cc1cccc(Br)c1)[C@H](C)C(=O)NC(C)(C)C)S(C)(=O)=O. The number of rotatable bonds is 8. The number of benzene rings is 2. The minimum absolute atomic E-state index is 0.154. The van der Waals surface area contributed by atoms with Crippen LogP contribution in [0.1, 0.15) is 44.4 Å². The zero-order chi connectivity index (χ0) is 25.8. The molecule has 0 aliphatic carbocycles. The summed E-state index contributed by atoms with van der Waals surface area (Å²) in [7, 11) is -3.77. The highest BCUT2D eigenvalue weighted by molar-refractivity contribution is 9.10. The van der Waals surface area contributed by atoms with Crippen molar-refractivity contribution in [2.75, 3.05) is 17.1 Å². The van der Waals surface area contributed by atoms with Crippen molar-refractivity contribution in [1.29, 1.82) is 0 Å².